The van der Waals surface area contributed by atoms with Gasteiger partial charge in [-0.15, -0.1) is 0 Å². The van der Waals surface area contributed by atoms with Crippen LogP contribution in [0, 0.1) is 11.6 Å². The molecule has 1 fully saturated rings. The smallest absolute Gasteiger partial charge is 0.256 e. The second kappa shape index (κ2) is 12.2. The van der Waals surface area contributed by atoms with Gasteiger partial charge in [0.25, 0.3) is 5.91 Å². The number of rotatable bonds is 8. The molecule has 9 heteroatoms. The molecule has 4 heterocycles. The Labute approximate surface area is 256 Å². The summed E-state index contributed by atoms with van der Waals surface area (Å²) in [6, 6.07) is 15.7. The fourth-order valence-electron chi connectivity index (χ4n) is 6.57. The van der Waals surface area contributed by atoms with Gasteiger partial charge in [-0.25, -0.2) is 13.8 Å². The summed E-state index contributed by atoms with van der Waals surface area (Å²) in [5, 5.41) is 0. The van der Waals surface area contributed by atoms with Crippen molar-refractivity contribution in [2.24, 2.45) is 0 Å². The molecule has 0 N–H and O–H groups in total. The number of anilines is 1. The van der Waals surface area contributed by atoms with Gasteiger partial charge < -0.3 is 19.3 Å². The van der Waals surface area contributed by atoms with E-state index in [0.717, 1.165) is 29.8 Å². The molecule has 7 nitrogen and oxygen atoms in total. The van der Waals surface area contributed by atoms with E-state index in [1.807, 2.05) is 24.4 Å². The highest BCUT2D eigenvalue weighted by Gasteiger charge is 2.33. The van der Waals surface area contributed by atoms with Crippen LogP contribution in [0.5, 0.6) is 11.5 Å². The number of piperidine rings is 1. The van der Waals surface area contributed by atoms with Crippen LogP contribution in [0.4, 0.5) is 14.5 Å². The lowest BCUT2D eigenvalue weighted by Crippen LogP contribution is -2.43. The number of carbonyl (C=O) groups excluding carboxylic acids is 1. The van der Waals surface area contributed by atoms with Crippen LogP contribution in [0.15, 0.2) is 60.8 Å². The highest BCUT2D eigenvalue weighted by molar-refractivity contribution is 5.99. The maximum absolute atomic E-state index is 14.9. The molecule has 0 aliphatic carbocycles. The predicted molar refractivity (Wildman–Crippen MR) is 165 cm³/mol. The SMILES string of the molecule is COc1ccc(CN2Cc3nc(-c4c(F)cccc4F)cc(Cc4ccc(N5[C@H](C)CCC[C@H]5C)cn4)c3C2=O)c(OC)c1. The van der Waals surface area contributed by atoms with Gasteiger partial charge in [-0.3, -0.25) is 9.78 Å². The van der Waals surface area contributed by atoms with Crippen molar-refractivity contribution in [2.45, 2.75) is 64.7 Å². The van der Waals surface area contributed by atoms with E-state index < -0.39 is 11.6 Å². The van der Waals surface area contributed by atoms with E-state index in [-0.39, 0.29) is 30.3 Å². The number of carbonyl (C=O) groups is 1. The first-order valence-corrected chi connectivity index (χ1v) is 15.0. The van der Waals surface area contributed by atoms with Crippen LogP contribution in [0.2, 0.25) is 0 Å². The third kappa shape index (κ3) is 5.58. The van der Waals surface area contributed by atoms with Gasteiger partial charge in [0.15, 0.2) is 0 Å². The van der Waals surface area contributed by atoms with Crippen LogP contribution in [-0.2, 0) is 19.5 Å². The van der Waals surface area contributed by atoms with E-state index in [2.05, 4.69) is 29.8 Å². The van der Waals surface area contributed by atoms with E-state index in [4.69, 9.17) is 14.5 Å². The zero-order chi connectivity index (χ0) is 31.0. The molecule has 1 saturated heterocycles. The fraction of sp³-hybridized carbons (Fsp3) is 0.343. The van der Waals surface area contributed by atoms with Crippen LogP contribution in [0.25, 0.3) is 11.3 Å². The monoisotopic (exact) mass is 598 g/mol. The number of hydrogen-bond acceptors (Lipinski definition) is 6. The Hall–Kier alpha value is -4.53. The molecule has 0 spiro atoms. The molecule has 2 aliphatic heterocycles. The Morgan fingerprint density at radius 1 is 0.909 bits per heavy atom. The molecular weight excluding hydrogens is 562 g/mol. The summed E-state index contributed by atoms with van der Waals surface area (Å²) < 4.78 is 40.7. The number of ether oxygens (including phenoxy) is 2. The molecule has 228 valence electrons. The molecule has 4 aromatic rings. The summed E-state index contributed by atoms with van der Waals surface area (Å²) in [5.74, 6) is -0.380. The highest BCUT2D eigenvalue weighted by atomic mass is 19.1. The van der Waals surface area contributed by atoms with Gasteiger partial charge in [0.1, 0.15) is 23.1 Å². The molecule has 2 aromatic heterocycles. The van der Waals surface area contributed by atoms with E-state index in [1.54, 1.807) is 31.3 Å². The summed E-state index contributed by atoms with van der Waals surface area (Å²) in [6.07, 6.45) is 5.71. The maximum atomic E-state index is 14.9. The molecular formula is C35H36F2N4O3. The highest BCUT2D eigenvalue weighted by Crippen LogP contribution is 2.35. The van der Waals surface area contributed by atoms with Crippen molar-refractivity contribution in [3.8, 4) is 22.8 Å². The van der Waals surface area contributed by atoms with Gasteiger partial charge in [-0.1, -0.05) is 6.07 Å². The molecule has 44 heavy (non-hydrogen) atoms. The van der Waals surface area contributed by atoms with Gasteiger partial charge in [0, 0.05) is 35.8 Å². The van der Waals surface area contributed by atoms with Gasteiger partial charge >= 0.3 is 0 Å². The van der Waals surface area contributed by atoms with E-state index in [1.165, 1.54) is 24.6 Å². The number of hydrogen-bond donors (Lipinski definition) is 0. The zero-order valence-corrected chi connectivity index (χ0v) is 25.4. The molecule has 2 atom stereocenters. The first kappa shape index (κ1) is 29.5. The first-order chi connectivity index (χ1) is 21.3. The number of methoxy groups -OCH3 is 2. The second-order valence-corrected chi connectivity index (χ2v) is 11.6. The van der Waals surface area contributed by atoms with Crippen LogP contribution >= 0.6 is 0 Å². The Morgan fingerprint density at radius 3 is 2.32 bits per heavy atom. The summed E-state index contributed by atoms with van der Waals surface area (Å²) in [7, 11) is 3.15. The molecule has 1 amide bonds. The minimum absolute atomic E-state index is 0.151. The normalized spacial score (nSPS) is 18.0. The third-order valence-corrected chi connectivity index (χ3v) is 8.76. The minimum Gasteiger partial charge on any atom is -0.497 e. The van der Waals surface area contributed by atoms with Crippen molar-refractivity contribution in [1.29, 1.82) is 0 Å². The van der Waals surface area contributed by atoms with E-state index >= 15 is 0 Å². The van der Waals surface area contributed by atoms with E-state index in [9.17, 15) is 13.6 Å². The molecule has 0 radical (unpaired) electrons. The van der Waals surface area contributed by atoms with Crippen LogP contribution in [0.3, 0.4) is 0 Å². The third-order valence-electron chi connectivity index (χ3n) is 8.76. The van der Waals surface area contributed by atoms with Gasteiger partial charge in [0.05, 0.1) is 61.7 Å². The standard InChI is InChI=1S/C35H36F2N4O3/c1-21-7-5-8-22(2)41(21)26-13-12-25(38-18-26)15-24-16-30(34-28(36)9-6-10-29(34)37)39-31-20-40(35(42)33(24)31)19-23-11-14-27(43-3)17-32(23)44-4/h6,9-14,16-18,21-22H,5,7-8,15,19-20H2,1-4H3/t21-,22-/m1/s1. The summed E-state index contributed by atoms with van der Waals surface area (Å²) in [5.41, 5.74) is 4.11. The quantitative estimate of drug-likeness (QED) is 0.219. The fourth-order valence-corrected chi connectivity index (χ4v) is 6.57. The molecule has 0 saturated carbocycles. The average Bonchev–Trinajstić information content (AvgIpc) is 3.32. The number of benzene rings is 2. The first-order valence-electron chi connectivity index (χ1n) is 15.0. The Morgan fingerprint density at radius 2 is 1.66 bits per heavy atom. The number of nitrogens with zero attached hydrogens (tertiary/aromatic N) is 4. The Kier molecular flexibility index (Phi) is 8.21. The number of fused-ring (bicyclic) bond motifs is 1. The Balaban J connectivity index is 1.36. The lowest BCUT2D eigenvalue weighted by molar-refractivity contribution is 0.0764. The molecule has 6 rings (SSSR count). The van der Waals surface area contributed by atoms with Gasteiger partial charge in [0.2, 0.25) is 0 Å². The van der Waals surface area contributed by atoms with Crippen molar-refractivity contribution >= 4 is 11.6 Å². The van der Waals surface area contributed by atoms with E-state index in [0.29, 0.717) is 46.8 Å². The predicted octanol–water partition coefficient (Wildman–Crippen LogP) is 6.95. The summed E-state index contributed by atoms with van der Waals surface area (Å²) in [4.78, 5) is 27.4. The number of halogens is 2. The average molecular weight is 599 g/mol. The van der Waals surface area contributed by atoms with Crippen molar-refractivity contribution in [3.63, 3.8) is 0 Å². The van der Waals surface area contributed by atoms with Gasteiger partial charge in [-0.05, 0) is 81.1 Å². The lowest BCUT2D eigenvalue weighted by Gasteiger charge is -2.40. The number of pyridine rings is 2. The second-order valence-electron chi connectivity index (χ2n) is 11.6. The maximum Gasteiger partial charge on any atom is 0.256 e. The molecule has 0 unspecified atom stereocenters. The van der Waals surface area contributed by atoms with Crippen LogP contribution in [-0.4, -0.2) is 47.1 Å². The Bertz CT molecular complexity index is 1660. The lowest BCUT2D eigenvalue weighted by atomic mass is 9.96. The summed E-state index contributed by atoms with van der Waals surface area (Å²) in [6.45, 7) is 4.94. The van der Waals surface area contributed by atoms with Gasteiger partial charge in [-0.2, -0.15) is 0 Å². The summed E-state index contributed by atoms with van der Waals surface area (Å²) >= 11 is 0. The van der Waals surface area contributed by atoms with Crippen molar-refractivity contribution in [3.05, 3.63) is 101 Å². The topological polar surface area (TPSA) is 67.8 Å². The van der Waals surface area contributed by atoms with Crippen molar-refractivity contribution in [1.82, 2.24) is 14.9 Å². The minimum atomic E-state index is -0.709. The molecule has 2 aromatic carbocycles. The van der Waals surface area contributed by atoms with Crippen LogP contribution in [0.1, 0.15) is 66.0 Å². The van der Waals surface area contributed by atoms with Crippen molar-refractivity contribution in [2.75, 3.05) is 19.1 Å². The number of aromatic nitrogens is 2. The van der Waals surface area contributed by atoms with Crippen molar-refractivity contribution < 1.29 is 23.0 Å². The zero-order valence-electron chi connectivity index (χ0n) is 25.4. The number of amides is 1. The molecule has 2 aliphatic rings. The van der Waals surface area contributed by atoms with Crippen LogP contribution < -0.4 is 14.4 Å². The molecule has 0 bridgehead atoms. The largest absolute Gasteiger partial charge is 0.497 e.